The van der Waals surface area contributed by atoms with Crippen molar-refractivity contribution in [2.75, 3.05) is 0 Å². The van der Waals surface area contributed by atoms with Crippen LogP contribution >= 0.6 is 0 Å². The molecule has 29 heavy (non-hydrogen) atoms. The van der Waals surface area contributed by atoms with Crippen molar-refractivity contribution in [2.45, 2.75) is 105 Å². The largest absolute Gasteiger partial charge is 0.393 e. The van der Waals surface area contributed by atoms with Crippen LogP contribution in [0.25, 0.3) is 0 Å². The second-order valence-electron chi connectivity index (χ2n) is 11.9. The fraction of sp³-hybridized carbons (Fsp3) is 0.852. The summed E-state index contributed by atoms with van der Waals surface area (Å²) in [5.74, 6) is 3.30. The summed E-state index contributed by atoms with van der Waals surface area (Å²) < 4.78 is 0. The maximum Gasteiger partial charge on any atom is 0.0578 e. The summed E-state index contributed by atoms with van der Waals surface area (Å²) in [6, 6.07) is 0. The summed E-state index contributed by atoms with van der Waals surface area (Å²) in [6.07, 6.45) is 15.1. The molecule has 0 heterocycles. The fourth-order valence-corrected chi connectivity index (χ4v) is 7.93. The van der Waals surface area contributed by atoms with Gasteiger partial charge in [-0.3, -0.25) is 0 Å². The molecule has 0 amide bonds. The van der Waals surface area contributed by atoms with Crippen molar-refractivity contribution in [3.8, 4) is 0 Å². The zero-order valence-corrected chi connectivity index (χ0v) is 19.5. The molecule has 0 aliphatic heterocycles. The molecule has 2 N–H and O–H groups in total. The summed E-state index contributed by atoms with van der Waals surface area (Å²) in [7, 11) is 0. The summed E-state index contributed by atoms with van der Waals surface area (Å²) >= 11 is 0. The van der Waals surface area contributed by atoms with Crippen LogP contribution in [0.15, 0.2) is 23.3 Å². The van der Waals surface area contributed by atoms with E-state index < -0.39 is 0 Å². The zero-order valence-electron chi connectivity index (χ0n) is 19.5. The number of fused-ring (bicyclic) bond motifs is 5. The Bertz CT molecular complexity index is 676. The van der Waals surface area contributed by atoms with E-state index in [1.54, 1.807) is 5.57 Å². The Morgan fingerprint density at radius 1 is 0.966 bits per heavy atom. The molecule has 2 nitrogen and oxygen atoms in total. The third-order valence-electron chi connectivity index (χ3n) is 9.99. The molecule has 4 rings (SSSR count). The van der Waals surface area contributed by atoms with Crippen LogP contribution in [0.2, 0.25) is 0 Å². The highest BCUT2D eigenvalue weighted by molar-refractivity contribution is 5.38. The van der Waals surface area contributed by atoms with Gasteiger partial charge in [0.1, 0.15) is 0 Å². The van der Waals surface area contributed by atoms with Gasteiger partial charge in [0.2, 0.25) is 0 Å². The van der Waals surface area contributed by atoms with E-state index in [2.05, 4.69) is 46.8 Å². The van der Waals surface area contributed by atoms with Crippen molar-refractivity contribution >= 4 is 0 Å². The maximum absolute atomic E-state index is 10.3. The first-order chi connectivity index (χ1) is 13.7. The molecule has 3 saturated carbocycles. The van der Waals surface area contributed by atoms with Gasteiger partial charge in [0, 0.05) is 0 Å². The number of aliphatic hydroxyl groups is 2. The Morgan fingerprint density at radius 3 is 2.45 bits per heavy atom. The Hall–Kier alpha value is -0.600. The Balaban J connectivity index is 1.52. The Morgan fingerprint density at radius 2 is 1.72 bits per heavy atom. The minimum absolute atomic E-state index is 0.129. The van der Waals surface area contributed by atoms with Gasteiger partial charge in [0.15, 0.2) is 0 Å². The number of aliphatic hydroxyl groups excluding tert-OH is 2. The lowest BCUT2D eigenvalue weighted by molar-refractivity contribution is 0.0288. The average Bonchev–Trinajstić information content (AvgIpc) is 3.03. The van der Waals surface area contributed by atoms with Crippen LogP contribution in [0, 0.1) is 40.4 Å². The Labute approximate surface area is 178 Å². The minimum Gasteiger partial charge on any atom is -0.393 e. The van der Waals surface area contributed by atoms with Crippen LogP contribution in [0.3, 0.4) is 0 Å². The summed E-state index contributed by atoms with van der Waals surface area (Å²) in [6.45, 7) is 11.8. The van der Waals surface area contributed by atoms with Crippen LogP contribution in [0.4, 0.5) is 0 Å². The van der Waals surface area contributed by atoms with Crippen molar-refractivity contribution in [1.82, 2.24) is 0 Å². The molecule has 164 valence electrons. The van der Waals surface area contributed by atoms with E-state index in [-0.39, 0.29) is 17.6 Å². The molecule has 3 fully saturated rings. The van der Waals surface area contributed by atoms with Gasteiger partial charge in [0.05, 0.1) is 12.2 Å². The fourth-order valence-electron chi connectivity index (χ4n) is 7.93. The molecular weight excluding hydrogens is 356 g/mol. The lowest BCUT2D eigenvalue weighted by atomic mass is 9.50. The smallest absolute Gasteiger partial charge is 0.0578 e. The van der Waals surface area contributed by atoms with Crippen LogP contribution in [0.1, 0.15) is 92.4 Å². The van der Waals surface area contributed by atoms with Crippen molar-refractivity contribution in [2.24, 2.45) is 40.4 Å². The molecule has 4 aliphatic carbocycles. The average molecular weight is 401 g/mol. The highest BCUT2D eigenvalue weighted by Crippen LogP contribution is 2.66. The van der Waals surface area contributed by atoms with Crippen LogP contribution in [-0.4, -0.2) is 22.4 Å². The van der Waals surface area contributed by atoms with E-state index in [1.165, 1.54) is 31.3 Å². The van der Waals surface area contributed by atoms with Crippen molar-refractivity contribution in [1.29, 1.82) is 0 Å². The molecule has 0 aromatic carbocycles. The Kier molecular flexibility index (Phi) is 5.84. The number of hydrogen-bond donors (Lipinski definition) is 2. The number of hydrogen-bond acceptors (Lipinski definition) is 2. The van der Waals surface area contributed by atoms with Gasteiger partial charge >= 0.3 is 0 Å². The molecule has 4 aliphatic rings. The predicted octanol–water partition coefficient (Wildman–Crippen LogP) is 6.28. The molecule has 0 aromatic rings. The SMILES string of the molecule is CC(C)C(O)CCC(C)C1CCC2C3=CC=C4CC(O)CCC4(C)C3CCC21C. The predicted molar refractivity (Wildman–Crippen MR) is 120 cm³/mol. The van der Waals surface area contributed by atoms with Gasteiger partial charge in [-0.1, -0.05) is 57.9 Å². The highest BCUT2D eigenvalue weighted by Gasteiger charge is 2.56. The lowest BCUT2D eigenvalue weighted by Crippen LogP contribution is -2.46. The van der Waals surface area contributed by atoms with Crippen molar-refractivity contribution in [3.63, 3.8) is 0 Å². The highest BCUT2D eigenvalue weighted by atomic mass is 16.3. The van der Waals surface area contributed by atoms with E-state index in [0.29, 0.717) is 23.2 Å². The van der Waals surface area contributed by atoms with E-state index >= 15 is 0 Å². The zero-order chi connectivity index (χ0) is 21.0. The summed E-state index contributed by atoms with van der Waals surface area (Å²) in [4.78, 5) is 0. The van der Waals surface area contributed by atoms with Crippen molar-refractivity contribution in [3.05, 3.63) is 23.3 Å². The summed E-state index contributed by atoms with van der Waals surface area (Å²) in [5, 5.41) is 20.5. The normalized spacial score (nSPS) is 43.7. The van der Waals surface area contributed by atoms with Crippen LogP contribution in [0.5, 0.6) is 0 Å². The molecule has 2 heteroatoms. The molecular formula is C27H44O2. The van der Waals surface area contributed by atoms with Gasteiger partial charge in [0.25, 0.3) is 0 Å². The standard InChI is InChI=1S/C27H44O2/c1-17(2)25(29)11-6-18(3)22-9-10-23-21-8-7-19-16-20(28)12-14-26(19,4)24(21)13-15-27(22,23)5/h7-8,17-18,20,22-25,28-29H,6,9-16H2,1-5H3. The third kappa shape index (κ3) is 3.57. The van der Waals surface area contributed by atoms with Gasteiger partial charge in [-0.15, -0.1) is 0 Å². The molecule has 0 spiro atoms. The van der Waals surface area contributed by atoms with E-state index in [4.69, 9.17) is 0 Å². The van der Waals surface area contributed by atoms with E-state index in [9.17, 15) is 10.2 Å². The van der Waals surface area contributed by atoms with Gasteiger partial charge < -0.3 is 10.2 Å². The van der Waals surface area contributed by atoms with Crippen molar-refractivity contribution < 1.29 is 10.2 Å². The molecule has 0 radical (unpaired) electrons. The second kappa shape index (κ2) is 7.83. The van der Waals surface area contributed by atoms with Crippen LogP contribution < -0.4 is 0 Å². The first kappa shape index (κ1) is 21.6. The van der Waals surface area contributed by atoms with Crippen LogP contribution in [-0.2, 0) is 0 Å². The topological polar surface area (TPSA) is 40.5 Å². The third-order valence-corrected chi connectivity index (χ3v) is 9.99. The van der Waals surface area contributed by atoms with E-state index in [0.717, 1.165) is 43.9 Å². The molecule has 0 aromatic heterocycles. The first-order valence-electron chi connectivity index (χ1n) is 12.4. The quantitative estimate of drug-likeness (QED) is 0.570. The van der Waals surface area contributed by atoms with Gasteiger partial charge in [-0.25, -0.2) is 0 Å². The number of allylic oxidation sites excluding steroid dienone is 3. The second-order valence-corrected chi connectivity index (χ2v) is 11.9. The monoisotopic (exact) mass is 400 g/mol. The molecule has 8 unspecified atom stereocenters. The van der Waals surface area contributed by atoms with Gasteiger partial charge in [-0.2, -0.15) is 0 Å². The molecule has 8 atom stereocenters. The summed E-state index contributed by atoms with van der Waals surface area (Å²) in [5.41, 5.74) is 3.98. The molecule has 0 saturated heterocycles. The first-order valence-corrected chi connectivity index (χ1v) is 12.4. The molecule has 0 bridgehead atoms. The van der Waals surface area contributed by atoms with Gasteiger partial charge in [-0.05, 0) is 98.2 Å². The maximum atomic E-state index is 10.3. The lowest BCUT2D eigenvalue weighted by Gasteiger charge is -2.55. The number of rotatable bonds is 5. The minimum atomic E-state index is -0.149. The van der Waals surface area contributed by atoms with E-state index in [1.807, 2.05) is 0 Å².